The summed E-state index contributed by atoms with van der Waals surface area (Å²) in [4.78, 5) is 11.5. The Hall–Kier alpha value is -1.20. The Bertz CT molecular complexity index is 354. The number of hydrogen-bond acceptors (Lipinski definition) is 4. The quantitative estimate of drug-likeness (QED) is 0.804. The third kappa shape index (κ3) is 2.18. The van der Waals surface area contributed by atoms with E-state index in [2.05, 4.69) is 27.2 Å². The van der Waals surface area contributed by atoms with E-state index in [9.17, 15) is 0 Å². The van der Waals surface area contributed by atoms with E-state index in [1.807, 2.05) is 17.1 Å². The summed E-state index contributed by atoms with van der Waals surface area (Å²) in [5.41, 5.74) is 2.92. The number of thiazole rings is 1. The van der Waals surface area contributed by atoms with Crippen molar-refractivity contribution in [2.24, 2.45) is 0 Å². The van der Waals surface area contributed by atoms with Gasteiger partial charge in [0.1, 0.15) is 5.82 Å². The fourth-order valence-electron chi connectivity index (χ4n) is 1.19. The first-order chi connectivity index (χ1) is 6.86. The lowest BCUT2D eigenvalue weighted by Crippen LogP contribution is -2.19. The second-order valence-corrected chi connectivity index (χ2v) is 3.78. The molecule has 2 heterocycles. The Balaban J connectivity index is 1.87. The van der Waals surface area contributed by atoms with Crippen molar-refractivity contribution >= 4 is 11.3 Å². The van der Waals surface area contributed by atoms with Gasteiger partial charge in [-0.15, -0.1) is 11.3 Å². The van der Waals surface area contributed by atoms with Crippen LogP contribution in [0.1, 0.15) is 24.5 Å². The van der Waals surface area contributed by atoms with Gasteiger partial charge < -0.3 is 10.3 Å². The molecule has 74 valence electrons. The molecule has 0 aliphatic carbocycles. The zero-order chi connectivity index (χ0) is 9.80. The number of nitrogens with zero attached hydrogens (tertiary/aromatic N) is 2. The summed E-state index contributed by atoms with van der Waals surface area (Å²) in [6.07, 6.45) is 3.59. The van der Waals surface area contributed by atoms with Crippen LogP contribution < -0.4 is 5.32 Å². The van der Waals surface area contributed by atoms with E-state index in [0.29, 0.717) is 0 Å². The minimum absolute atomic E-state index is 0.228. The van der Waals surface area contributed by atoms with E-state index in [4.69, 9.17) is 0 Å². The molecule has 0 amide bonds. The standard InChI is InChI=1S/C9H12N4S/c1-7(9-10-2-3-11-9)12-4-8-5-14-6-13-8/h2-3,5-7,12H,4H2,1H3,(H,10,11). The largest absolute Gasteiger partial charge is 0.347 e. The Morgan fingerprint density at radius 1 is 1.57 bits per heavy atom. The van der Waals surface area contributed by atoms with Gasteiger partial charge in [0, 0.05) is 24.3 Å². The Morgan fingerprint density at radius 2 is 2.50 bits per heavy atom. The van der Waals surface area contributed by atoms with Crippen LogP contribution in [0.25, 0.3) is 0 Å². The minimum atomic E-state index is 0.228. The molecule has 2 aromatic heterocycles. The van der Waals surface area contributed by atoms with Crippen LogP contribution in [0.2, 0.25) is 0 Å². The number of rotatable bonds is 4. The molecule has 0 saturated heterocycles. The summed E-state index contributed by atoms with van der Waals surface area (Å²) in [5.74, 6) is 0.959. The Morgan fingerprint density at radius 3 is 3.14 bits per heavy atom. The van der Waals surface area contributed by atoms with Gasteiger partial charge in [-0.1, -0.05) is 0 Å². The average Bonchev–Trinajstić information content (AvgIpc) is 2.87. The Labute approximate surface area is 86.4 Å². The number of imidazole rings is 1. The molecule has 2 rings (SSSR count). The van der Waals surface area contributed by atoms with Crippen LogP contribution in [-0.2, 0) is 6.54 Å². The van der Waals surface area contributed by atoms with Crippen LogP contribution in [-0.4, -0.2) is 15.0 Å². The second-order valence-electron chi connectivity index (χ2n) is 3.06. The van der Waals surface area contributed by atoms with Crippen LogP contribution in [0.3, 0.4) is 0 Å². The first-order valence-corrected chi connectivity index (χ1v) is 5.40. The van der Waals surface area contributed by atoms with Gasteiger partial charge in [-0.2, -0.15) is 0 Å². The summed E-state index contributed by atoms with van der Waals surface area (Å²) in [7, 11) is 0. The van der Waals surface area contributed by atoms with Gasteiger partial charge in [0.25, 0.3) is 0 Å². The van der Waals surface area contributed by atoms with Crippen molar-refractivity contribution in [3.05, 3.63) is 34.8 Å². The van der Waals surface area contributed by atoms with E-state index in [-0.39, 0.29) is 6.04 Å². The molecule has 14 heavy (non-hydrogen) atoms. The molecule has 1 unspecified atom stereocenters. The summed E-state index contributed by atoms with van der Waals surface area (Å²) < 4.78 is 0. The molecule has 2 aromatic rings. The predicted molar refractivity (Wildman–Crippen MR) is 56.0 cm³/mol. The van der Waals surface area contributed by atoms with Crippen LogP contribution in [0.15, 0.2) is 23.3 Å². The third-order valence-electron chi connectivity index (χ3n) is 2.00. The van der Waals surface area contributed by atoms with E-state index in [1.165, 1.54) is 0 Å². The van der Waals surface area contributed by atoms with Crippen LogP contribution in [0.4, 0.5) is 0 Å². The number of aromatic nitrogens is 3. The van der Waals surface area contributed by atoms with Gasteiger partial charge in [0.15, 0.2) is 0 Å². The van der Waals surface area contributed by atoms with Crippen molar-refractivity contribution in [2.75, 3.05) is 0 Å². The predicted octanol–water partition coefficient (Wildman–Crippen LogP) is 1.72. The van der Waals surface area contributed by atoms with Gasteiger partial charge in [-0.05, 0) is 6.92 Å². The molecule has 0 aromatic carbocycles. The molecule has 0 aliphatic heterocycles. The maximum atomic E-state index is 4.19. The molecule has 0 spiro atoms. The summed E-state index contributed by atoms with van der Waals surface area (Å²) in [5, 5.41) is 5.38. The highest BCUT2D eigenvalue weighted by molar-refractivity contribution is 7.07. The maximum absolute atomic E-state index is 4.19. The normalized spacial score (nSPS) is 12.9. The van der Waals surface area contributed by atoms with Crippen LogP contribution in [0.5, 0.6) is 0 Å². The highest BCUT2D eigenvalue weighted by Gasteiger charge is 2.06. The van der Waals surface area contributed by atoms with E-state index >= 15 is 0 Å². The van der Waals surface area contributed by atoms with E-state index in [1.54, 1.807) is 17.5 Å². The fraction of sp³-hybridized carbons (Fsp3) is 0.333. The van der Waals surface area contributed by atoms with Gasteiger partial charge in [0.2, 0.25) is 0 Å². The summed E-state index contributed by atoms with van der Waals surface area (Å²) in [6.45, 7) is 2.86. The zero-order valence-electron chi connectivity index (χ0n) is 7.90. The van der Waals surface area contributed by atoms with Gasteiger partial charge in [-0.3, -0.25) is 0 Å². The SMILES string of the molecule is CC(NCc1cscn1)c1ncc[nH]1. The first-order valence-electron chi connectivity index (χ1n) is 4.46. The minimum Gasteiger partial charge on any atom is -0.347 e. The van der Waals surface area contributed by atoms with Crippen molar-refractivity contribution in [2.45, 2.75) is 19.5 Å². The zero-order valence-corrected chi connectivity index (χ0v) is 8.71. The smallest absolute Gasteiger partial charge is 0.122 e. The van der Waals surface area contributed by atoms with Crippen molar-refractivity contribution in [3.63, 3.8) is 0 Å². The monoisotopic (exact) mass is 208 g/mol. The molecule has 0 radical (unpaired) electrons. The van der Waals surface area contributed by atoms with E-state index in [0.717, 1.165) is 18.1 Å². The molecular formula is C9H12N4S. The molecule has 1 atom stereocenters. The molecule has 0 bridgehead atoms. The highest BCUT2D eigenvalue weighted by Crippen LogP contribution is 2.07. The number of hydrogen-bond donors (Lipinski definition) is 2. The summed E-state index contributed by atoms with van der Waals surface area (Å²) >= 11 is 1.61. The lowest BCUT2D eigenvalue weighted by molar-refractivity contribution is 0.546. The topological polar surface area (TPSA) is 53.6 Å². The average molecular weight is 208 g/mol. The molecule has 0 aliphatic rings. The van der Waals surface area contributed by atoms with Crippen molar-refractivity contribution in [1.82, 2.24) is 20.3 Å². The molecule has 5 heteroatoms. The Kier molecular flexibility index (Phi) is 2.90. The lowest BCUT2D eigenvalue weighted by atomic mass is 10.3. The van der Waals surface area contributed by atoms with E-state index < -0.39 is 0 Å². The van der Waals surface area contributed by atoms with Crippen molar-refractivity contribution in [3.8, 4) is 0 Å². The van der Waals surface area contributed by atoms with Crippen LogP contribution >= 0.6 is 11.3 Å². The molecular weight excluding hydrogens is 196 g/mol. The lowest BCUT2D eigenvalue weighted by Gasteiger charge is -2.09. The highest BCUT2D eigenvalue weighted by atomic mass is 32.1. The third-order valence-corrected chi connectivity index (χ3v) is 2.64. The van der Waals surface area contributed by atoms with Gasteiger partial charge in [-0.25, -0.2) is 9.97 Å². The molecule has 2 N–H and O–H groups in total. The first kappa shape index (κ1) is 9.36. The maximum Gasteiger partial charge on any atom is 0.122 e. The van der Waals surface area contributed by atoms with Crippen molar-refractivity contribution < 1.29 is 0 Å². The fourth-order valence-corrected chi connectivity index (χ4v) is 1.75. The second kappa shape index (κ2) is 4.34. The van der Waals surface area contributed by atoms with Gasteiger partial charge >= 0.3 is 0 Å². The summed E-state index contributed by atoms with van der Waals surface area (Å²) in [6, 6.07) is 0.228. The molecule has 4 nitrogen and oxygen atoms in total. The molecule has 0 saturated carbocycles. The number of aromatic amines is 1. The number of H-pyrrole nitrogens is 1. The van der Waals surface area contributed by atoms with Crippen molar-refractivity contribution in [1.29, 1.82) is 0 Å². The molecule has 0 fully saturated rings. The number of nitrogens with one attached hydrogen (secondary N) is 2. The van der Waals surface area contributed by atoms with Crippen LogP contribution in [0, 0.1) is 0 Å². The van der Waals surface area contributed by atoms with Gasteiger partial charge in [0.05, 0.1) is 17.2 Å².